The number of allylic oxidation sites excluding steroid dienone is 5. The van der Waals surface area contributed by atoms with E-state index in [1.807, 2.05) is 56.1 Å². The fraction of sp³-hybridized carbons (Fsp3) is 0.286. The Morgan fingerprint density at radius 3 is 1.68 bits per heavy atom. The summed E-state index contributed by atoms with van der Waals surface area (Å²) < 4.78 is 10.5. The minimum Gasteiger partial charge on any atom is -0.492 e. The van der Waals surface area contributed by atoms with Crippen LogP contribution in [0.4, 0.5) is 0 Å². The molecule has 0 saturated heterocycles. The van der Waals surface area contributed by atoms with Crippen LogP contribution in [0.25, 0.3) is 0 Å². The molecule has 0 saturated carbocycles. The maximum atomic E-state index is 10.7. The first-order valence-electron chi connectivity index (χ1n) is 15.0. The van der Waals surface area contributed by atoms with Crippen LogP contribution >= 0.6 is 0 Å². The van der Waals surface area contributed by atoms with Crippen LogP contribution in [-0.4, -0.2) is 69.9 Å². The van der Waals surface area contributed by atoms with Crippen molar-refractivity contribution >= 4 is 51.7 Å². The summed E-state index contributed by atoms with van der Waals surface area (Å²) in [6.45, 7) is 10.9. The van der Waals surface area contributed by atoms with E-state index in [2.05, 4.69) is 42.0 Å². The van der Waals surface area contributed by atoms with Crippen LogP contribution in [0.5, 0.6) is 0 Å². The summed E-state index contributed by atoms with van der Waals surface area (Å²) in [6, 6.07) is 0. The predicted octanol–water partition coefficient (Wildman–Crippen LogP) is -0.660. The summed E-state index contributed by atoms with van der Waals surface area (Å²) in [5, 5.41) is 31.1. The highest BCUT2D eigenvalue weighted by molar-refractivity contribution is 6.62. The molecular formula is C28H44B4N8O7. The van der Waals surface area contributed by atoms with Crippen LogP contribution in [0.3, 0.4) is 0 Å². The van der Waals surface area contributed by atoms with Gasteiger partial charge in [0.15, 0.2) is 0 Å². The first-order chi connectivity index (χ1) is 22.4. The molecule has 9 N–H and O–H groups in total. The van der Waals surface area contributed by atoms with Gasteiger partial charge in [-0.2, -0.15) is 0 Å². The van der Waals surface area contributed by atoms with Gasteiger partial charge < -0.3 is 56.4 Å². The zero-order valence-corrected chi connectivity index (χ0v) is 27.6. The Kier molecular flexibility index (Phi) is 19.9. The molecule has 0 unspecified atom stereocenters. The van der Waals surface area contributed by atoms with Gasteiger partial charge in [0.25, 0.3) is 0 Å². The molecule has 4 aliphatic heterocycles. The summed E-state index contributed by atoms with van der Waals surface area (Å²) in [7, 11) is -0.727. The van der Waals surface area contributed by atoms with Crippen molar-refractivity contribution in [2.45, 2.75) is 41.5 Å². The molecule has 0 atom stereocenters. The second-order valence-corrected chi connectivity index (χ2v) is 9.71. The Bertz CT molecular complexity index is 1300. The second-order valence-electron chi connectivity index (χ2n) is 9.71. The van der Waals surface area contributed by atoms with Crippen LogP contribution in [0.2, 0.25) is 0 Å². The summed E-state index contributed by atoms with van der Waals surface area (Å²) in [6.07, 6.45) is 15.9. The molecule has 47 heavy (non-hydrogen) atoms. The first kappa shape index (κ1) is 40.0. The van der Waals surface area contributed by atoms with E-state index < -0.39 is 7.05 Å². The summed E-state index contributed by atoms with van der Waals surface area (Å²) in [5.41, 5.74) is 1.41. The van der Waals surface area contributed by atoms with Crippen molar-refractivity contribution in [2.75, 3.05) is 13.2 Å². The average Bonchev–Trinajstić information content (AvgIpc) is 3.01. The number of ether oxygens (including phenoxy) is 1. The molecule has 0 aromatic carbocycles. The lowest BCUT2D eigenvalue weighted by Crippen LogP contribution is -2.47. The molecule has 0 fully saturated rings. The Morgan fingerprint density at radius 1 is 0.681 bits per heavy atom. The predicted molar refractivity (Wildman–Crippen MR) is 186 cm³/mol. The van der Waals surface area contributed by atoms with Crippen LogP contribution in [-0.2, 0) is 28.6 Å². The van der Waals surface area contributed by atoms with E-state index in [-0.39, 0.29) is 44.6 Å². The van der Waals surface area contributed by atoms with E-state index in [0.29, 0.717) is 18.9 Å². The van der Waals surface area contributed by atoms with Crippen molar-refractivity contribution in [3.05, 3.63) is 96.2 Å². The van der Waals surface area contributed by atoms with Crippen LogP contribution in [0, 0.1) is 0 Å². The normalized spacial score (nSPS) is 14.9. The third-order valence-corrected chi connectivity index (χ3v) is 5.38. The number of rotatable bonds is 8. The van der Waals surface area contributed by atoms with Gasteiger partial charge in [0.05, 0.1) is 18.0 Å². The maximum Gasteiger partial charge on any atom is 0.441 e. The Labute approximate surface area is 278 Å². The molecule has 0 radical (unpaired) electrons. The lowest BCUT2D eigenvalue weighted by Gasteiger charge is -2.15. The van der Waals surface area contributed by atoms with Crippen molar-refractivity contribution in [3.8, 4) is 0 Å². The third-order valence-electron chi connectivity index (χ3n) is 5.38. The Morgan fingerprint density at radius 2 is 1.28 bits per heavy atom. The minimum absolute atomic E-state index is 0.0301. The monoisotopic (exact) mass is 648 g/mol. The number of amides is 4. The van der Waals surface area contributed by atoms with Crippen molar-refractivity contribution < 1.29 is 33.6 Å². The fourth-order valence-electron chi connectivity index (χ4n) is 3.57. The molecule has 0 spiro atoms. The molecule has 0 aliphatic carbocycles. The van der Waals surface area contributed by atoms with Gasteiger partial charge in [-0.05, 0) is 44.4 Å². The number of nitrogens with one attached hydrogen (secondary N) is 8. The van der Waals surface area contributed by atoms with E-state index in [1.54, 1.807) is 36.9 Å². The molecule has 4 amide bonds. The molecule has 0 aromatic rings. The quantitative estimate of drug-likeness (QED) is 0.151. The number of hydrogen-bond acceptors (Lipinski definition) is 11. The number of carbonyl (C=O) groups excluding carboxylic acids is 4. The SMILES string of the molecule is CC(=O)NB1C=CC=CN1.CC(=O)NC1=CNB(O)C=C1.CCOB1C=CC(NC(C)=O)=CN1.CCOC1=CNB(NC(C)=O)C=C1. The van der Waals surface area contributed by atoms with Gasteiger partial charge in [0.1, 0.15) is 5.76 Å². The Hall–Kier alpha value is -5.02. The fourth-order valence-corrected chi connectivity index (χ4v) is 3.57. The van der Waals surface area contributed by atoms with E-state index in [9.17, 15) is 19.2 Å². The number of hydrogen-bond donors (Lipinski definition) is 9. The largest absolute Gasteiger partial charge is 0.492 e. The summed E-state index contributed by atoms with van der Waals surface area (Å²) in [5.74, 6) is 7.61. The van der Waals surface area contributed by atoms with Crippen molar-refractivity contribution in [3.63, 3.8) is 0 Å². The van der Waals surface area contributed by atoms with Gasteiger partial charge in [-0.15, -0.1) is 0 Å². The van der Waals surface area contributed by atoms with Gasteiger partial charge in [-0.3, -0.25) is 19.2 Å². The van der Waals surface area contributed by atoms with Gasteiger partial charge in [0.2, 0.25) is 23.6 Å². The molecular weight excluding hydrogens is 604 g/mol. The zero-order valence-electron chi connectivity index (χ0n) is 27.6. The van der Waals surface area contributed by atoms with Crippen LogP contribution in [0.15, 0.2) is 96.2 Å². The van der Waals surface area contributed by atoms with Gasteiger partial charge >= 0.3 is 28.1 Å². The van der Waals surface area contributed by atoms with Gasteiger partial charge in [-0.25, -0.2) is 0 Å². The smallest absolute Gasteiger partial charge is 0.441 e. The lowest BCUT2D eigenvalue weighted by atomic mass is 9.75. The first-order valence-corrected chi connectivity index (χ1v) is 15.0. The highest BCUT2D eigenvalue weighted by atomic mass is 16.5. The topological polar surface area (TPSA) is 203 Å². The van der Waals surface area contributed by atoms with Gasteiger partial charge in [-0.1, -0.05) is 30.0 Å². The van der Waals surface area contributed by atoms with Crippen LogP contribution < -0.4 is 42.0 Å². The van der Waals surface area contributed by atoms with Gasteiger partial charge in [0, 0.05) is 52.9 Å². The Balaban J connectivity index is 0.000000315. The average molecular weight is 648 g/mol. The molecule has 4 rings (SSSR count). The molecule has 0 aromatic heterocycles. The van der Waals surface area contributed by atoms with E-state index in [1.165, 1.54) is 27.7 Å². The van der Waals surface area contributed by atoms with Crippen molar-refractivity contribution in [1.82, 2.24) is 42.0 Å². The lowest BCUT2D eigenvalue weighted by molar-refractivity contribution is -0.119. The van der Waals surface area contributed by atoms with Crippen molar-refractivity contribution in [2.24, 2.45) is 0 Å². The summed E-state index contributed by atoms with van der Waals surface area (Å²) >= 11 is 0. The van der Waals surface area contributed by atoms with E-state index in [0.717, 1.165) is 11.5 Å². The third kappa shape index (κ3) is 20.6. The molecule has 4 aliphatic rings. The highest BCUT2D eigenvalue weighted by Crippen LogP contribution is 2.02. The minimum atomic E-state index is -0.646. The zero-order chi connectivity index (χ0) is 35.0. The number of carbonyl (C=O) groups is 4. The molecule has 19 heteroatoms. The van der Waals surface area contributed by atoms with Crippen molar-refractivity contribution in [1.29, 1.82) is 0 Å². The summed E-state index contributed by atoms with van der Waals surface area (Å²) in [4.78, 5) is 42.4. The molecule has 4 heterocycles. The van der Waals surface area contributed by atoms with E-state index in [4.69, 9.17) is 14.4 Å². The molecule has 0 bridgehead atoms. The van der Waals surface area contributed by atoms with E-state index >= 15 is 0 Å². The second kappa shape index (κ2) is 23.3. The highest BCUT2D eigenvalue weighted by Gasteiger charge is 2.15. The van der Waals surface area contributed by atoms with Crippen LogP contribution in [0.1, 0.15) is 41.5 Å². The molecule has 15 nitrogen and oxygen atoms in total. The maximum absolute atomic E-state index is 10.7. The standard InChI is InChI=1S/2C8H13BN2O2.C6H9BN2O2.C6H9BN2O/c1-3-13-8-4-5-9(10-6-8)11-7(2)12;1-3-13-9-5-4-8(6-10-9)11-7(2)12;1-5(10)9-6-2-3-7(11)8-4-6;1-6(10)9-7-4-2-3-5-8-7/h2*4-6,10H,3H2,1-2H3,(H,11,12);2-4,8,11H,1H3,(H,9,10);2-5,8H,1H3,(H,9,10). The molecule has 250 valence electrons.